The van der Waals surface area contributed by atoms with Crippen molar-refractivity contribution in [2.45, 2.75) is 52.0 Å². The molecule has 0 aromatic carbocycles. The Morgan fingerprint density at radius 1 is 1.18 bits per heavy atom. The van der Waals surface area contributed by atoms with Gasteiger partial charge in [-0.05, 0) is 38.5 Å². The number of carboxylic acids is 1. The molecule has 2 saturated heterocycles. The predicted molar refractivity (Wildman–Crippen MR) is 81.1 cm³/mol. The molecule has 0 aromatic heterocycles. The van der Waals surface area contributed by atoms with E-state index in [0.29, 0.717) is 31.3 Å². The van der Waals surface area contributed by atoms with E-state index in [1.807, 2.05) is 18.7 Å². The largest absolute Gasteiger partial charge is 0.481 e. The van der Waals surface area contributed by atoms with Gasteiger partial charge in [0.2, 0.25) is 11.8 Å². The third kappa shape index (κ3) is 3.99. The number of hydrogen-bond donors (Lipinski definition) is 1. The molecule has 0 saturated carbocycles. The molecule has 1 N–H and O–H groups in total. The molecule has 2 rings (SSSR count). The summed E-state index contributed by atoms with van der Waals surface area (Å²) in [6.45, 7) is 6.15. The maximum Gasteiger partial charge on any atom is 0.303 e. The smallest absolute Gasteiger partial charge is 0.303 e. The zero-order valence-corrected chi connectivity index (χ0v) is 13.5. The Labute approximate surface area is 131 Å². The SMILES string of the molecule is CC(C)N1CCC2CN(C(=O)CCC(=O)O)CCC2CC1=O. The average Bonchev–Trinajstić information content (AvgIpc) is 2.62. The van der Waals surface area contributed by atoms with E-state index in [4.69, 9.17) is 5.11 Å². The molecule has 0 aliphatic carbocycles. The summed E-state index contributed by atoms with van der Waals surface area (Å²) in [6, 6.07) is 0.223. The number of amides is 2. The van der Waals surface area contributed by atoms with Crippen LogP contribution < -0.4 is 0 Å². The van der Waals surface area contributed by atoms with Crippen molar-refractivity contribution < 1.29 is 19.5 Å². The molecule has 2 fully saturated rings. The summed E-state index contributed by atoms with van der Waals surface area (Å²) < 4.78 is 0. The van der Waals surface area contributed by atoms with Crippen molar-refractivity contribution in [3.63, 3.8) is 0 Å². The van der Waals surface area contributed by atoms with Crippen LogP contribution in [0, 0.1) is 11.8 Å². The fraction of sp³-hybridized carbons (Fsp3) is 0.812. The third-order valence-corrected chi connectivity index (χ3v) is 4.92. The van der Waals surface area contributed by atoms with Crippen LogP contribution in [0.3, 0.4) is 0 Å². The van der Waals surface area contributed by atoms with Gasteiger partial charge in [-0.3, -0.25) is 14.4 Å². The standard InChI is InChI=1S/C16H26N2O4/c1-11(2)18-8-6-13-10-17(14(19)3-4-16(21)22)7-5-12(13)9-15(18)20/h11-13H,3-10H2,1-2H3,(H,21,22). The summed E-state index contributed by atoms with van der Waals surface area (Å²) in [6.07, 6.45) is 2.32. The van der Waals surface area contributed by atoms with E-state index in [2.05, 4.69) is 0 Å². The number of rotatable bonds is 4. The van der Waals surface area contributed by atoms with E-state index in [1.54, 1.807) is 4.90 Å². The van der Waals surface area contributed by atoms with Crippen molar-refractivity contribution in [2.24, 2.45) is 11.8 Å². The molecular formula is C16H26N2O4. The number of likely N-dealkylation sites (tertiary alicyclic amines) is 2. The first-order chi connectivity index (χ1) is 10.4. The number of fused-ring (bicyclic) bond motifs is 1. The summed E-state index contributed by atoms with van der Waals surface area (Å²) >= 11 is 0. The molecule has 0 aromatic rings. The maximum absolute atomic E-state index is 12.3. The van der Waals surface area contributed by atoms with Crippen LogP contribution in [0.1, 0.15) is 46.0 Å². The monoisotopic (exact) mass is 310 g/mol. The quantitative estimate of drug-likeness (QED) is 0.850. The van der Waals surface area contributed by atoms with E-state index in [1.165, 1.54) is 0 Å². The number of hydrogen-bond acceptors (Lipinski definition) is 3. The second kappa shape index (κ2) is 7.11. The van der Waals surface area contributed by atoms with Crippen molar-refractivity contribution in [1.82, 2.24) is 9.80 Å². The highest BCUT2D eigenvalue weighted by Crippen LogP contribution is 2.33. The van der Waals surface area contributed by atoms with Gasteiger partial charge < -0.3 is 14.9 Å². The normalized spacial score (nSPS) is 25.9. The molecule has 6 nitrogen and oxygen atoms in total. The Bertz CT molecular complexity index is 449. The van der Waals surface area contributed by atoms with Crippen LogP contribution in [0.25, 0.3) is 0 Å². The highest BCUT2D eigenvalue weighted by Gasteiger charge is 2.36. The molecule has 2 aliphatic heterocycles. The zero-order chi connectivity index (χ0) is 16.3. The molecule has 22 heavy (non-hydrogen) atoms. The summed E-state index contributed by atoms with van der Waals surface area (Å²) in [5.41, 5.74) is 0. The fourth-order valence-corrected chi connectivity index (χ4v) is 3.59. The molecule has 2 heterocycles. The third-order valence-electron chi connectivity index (χ3n) is 4.92. The van der Waals surface area contributed by atoms with Gasteiger partial charge in [-0.15, -0.1) is 0 Å². The van der Waals surface area contributed by atoms with Crippen LogP contribution in [0.15, 0.2) is 0 Å². The van der Waals surface area contributed by atoms with E-state index in [-0.39, 0.29) is 30.7 Å². The van der Waals surface area contributed by atoms with Crippen LogP contribution in [-0.2, 0) is 14.4 Å². The number of carbonyl (C=O) groups excluding carboxylic acids is 2. The number of piperidine rings is 1. The minimum atomic E-state index is -0.934. The molecule has 2 atom stereocenters. The lowest BCUT2D eigenvalue weighted by molar-refractivity contribution is -0.142. The maximum atomic E-state index is 12.3. The van der Waals surface area contributed by atoms with Gasteiger partial charge >= 0.3 is 5.97 Å². The lowest BCUT2D eigenvalue weighted by Gasteiger charge is -2.37. The molecule has 2 aliphatic rings. The van der Waals surface area contributed by atoms with Crippen molar-refractivity contribution in [3.05, 3.63) is 0 Å². The first-order valence-electron chi connectivity index (χ1n) is 8.17. The minimum Gasteiger partial charge on any atom is -0.481 e. The first-order valence-corrected chi connectivity index (χ1v) is 8.17. The van der Waals surface area contributed by atoms with Crippen LogP contribution >= 0.6 is 0 Å². The van der Waals surface area contributed by atoms with Crippen LogP contribution in [0.4, 0.5) is 0 Å². The highest BCUT2D eigenvalue weighted by molar-refractivity contribution is 5.81. The van der Waals surface area contributed by atoms with Gasteiger partial charge in [0.05, 0.1) is 6.42 Å². The van der Waals surface area contributed by atoms with Crippen LogP contribution in [0.5, 0.6) is 0 Å². The average molecular weight is 310 g/mol. The second-order valence-electron chi connectivity index (χ2n) is 6.72. The molecule has 0 spiro atoms. The zero-order valence-electron chi connectivity index (χ0n) is 13.5. The van der Waals surface area contributed by atoms with E-state index in [9.17, 15) is 14.4 Å². The molecule has 2 amide bonds. The molecule has 2 unspecified atom stereocenters. The Hall–Kier alpha value is -1.59. The summed E-state index contributed by atoms with van der Waals surface area (Å²) in [5.74, 6) is -0.0591. The Kier molecular flexibility index (Phi) is 5.42. The number of aliphatic carboxylic acids is 1. The highest BCUT2D eigenvalue weighted by atomic mass is 16.4. The lowest BCUT2D eigenvalue weighted by Crippen LogP contribution is -2.44. The van der Waals surface area contributed by atoms with Gasteiger partial charge in [-0.1, -0.05) is 0 Å². The summed E-state index contributed by atoms with van der Waals surface area (Å²) in [4.78, 5) is 38.7. The minimum absolute atomic E-state index is 0.0721. The number of carboxylic acid groups (broad SMARTS) is 1. The molecular weight excluding hydrogens is 284 g/mol. The van der Waals surface area contributed by atoms with Gasteiger partial charge in [0, 0.05) is 38.5 Å². The first kappa shape index (κ1) is 16.8. The Morgan fingerprint density at radius 3 is 2.50 bits per heavy atom. The van der Waals surface area contributed by atoms with E-state index >= 15 is 0 Å². The summed E-state index contributed by atoms with van der Waals surface area (Å²) in [5, 5.41) is 8.68. The van der Waals surface area contributed by atoms with Gasteiger partial charge in [0.15, 0.2) is 0 Å². The molecule has 6 heteroatoms. The van der Waals surface area contributed by atoms with Gasteiger partial charge in [0.1, 0.15) is 0 Å². The summed E-state index contributed by atoms with van der Waals surface area (Å²) in [7, 11) is 0. The van der Waals surface area contributed by atoms with Gasteiger partial charge in [0.25, 0.3) is 0 Å². The molecule has 0 radical (unpaired) electrons. The van der Waals surface area contributed by atoms with E-state index in [0.717, 1.165) is 19.4 Å². The second-order valence-corrected chi connectivity index (χ2v) is 6.72. The Balaban J connectivity index is 1.94. The molecule has 124 valence electrons. The Morgan fingerprint density at radius 2 is 1.86 bits per heavy atom. The van der Waals surface area contributed by atoms with Gasteiger partial charge in [-0.25, -0.2) is 0 Å². The predicted octanol–water partition coefficient (Wildman–Crippen LogP) is 1.35. The van der Waals surface area contributed by atoms with Crippen molar-refractivity contribution >= 4 is 17.8 Å². The molecule has 0 bridgehead atoms. The lowest BCUT2D eigenvalue weighted by atomic mass is 9.82. The number of carbonyl (C=O) groups is 3. The van der Waals surface area contributed by atoms with E-state index < -0.39 is 5.97 Å². The fourth-order valence-electron chi connectivity index (χ4n) is 3.59. The van der Waals surface area contributed by atoms with Crippen molar-refractivity contribution in [2.75, 3.05) is 19.6 Å². The number of nitrogens with zero attached hydrogens (tertiary/aromatic N) is 2. The topological polar surface area (TPSA) is 77.9 Å². The van der Waals surface area contributed by atoms with Gasteiger partial charge in [-0.2, -0.15) is 0 Å². The van der Waals surface area contributed by atoms with Crippen LogP contribution in [-0.4, -0.2) is 58.4 Å². The van der Waals surface area contributed by atoms with Crippen LogP contribution in [0.2, 0.25) is 0 Å². The van der Waals surface area contributed by atoms with Crippen molar-refractivity contribution in [3.8, 4) is 0 Å². The van der Waals surface area contributed by atoms with Crippen molar-refractivity contribution in [1.29, 1.82) is 0 Å².